The molecule has 4 heteroatoms. The van der Waals surface area contributed by atoms with Crippen molar-refractivity contribution in [1.29, 1.82) is 0 Å². The highest BCUT2D eigenvalue weighted by atomic mass is 16.2. The number of aromatic nitrogens is 2. The number of benzene rings is 2. The van der Waals surface area contributed by atoms with Crippen molar-refractivity contribution in [3.05, 3.63) is 65.5 Å². The van der Waals surface area contributed by atoms with Crippen molar-refractivity contribution in [2.45, 2.75) is 39.3 Å². The molecule has 4 nitrogen and oxygen atoms in total. The van der Waals surface area contributed by atoms with Gasteiger partial charge in [-0.25, -0.2) is 4.98 Å². The molecule has 4 rings (SSSR count). The molecule has 0 N–H and O–H groups in total. The van der Waals surface area contributed by atoms with Crippen LogP contribution in [0.4, 0.5) is 0 Å². The Hall–Kier alpha value is -2.62. The number of imidazole rings is 1. The fourth-order valence-corrected chi connectivity index (χ4v) is 3.59. The standard InChI is InChI=1S/C21H23N3O/c1-15(2)24-14-22-19-11-16(7-8-20(19)24)12-21(25)23-10-9-17-5-3-4-6-18(17)13-23/h3-8,11,14-15H,9-10,12-13H2,1-2H3. The predicted octanol–water partition coefficient (Wildman–Crippen LogP) is 3.74. The zero-order valence-electron chi connectivity index (χ0n) is 14.8. The van der Waals surface area contributed by atoms with Crippen molar-refractivity contribution < 1.29 is 4.79 Å². The Morgan fingerprint density at radius 3 is 2.76 bits per heavy atom. The molecule has 1 aliphatic heterocycles. The van der Waals surface area contributed by atoms with Gasteiger partial charge in [0.15, 0.2) is 0 Å². The van der Waals surface area contributed by atoms with Gasteiger partial charge < -0.3 is 9.47 Å². The first-order valence-electron chi connectivity index (χ1n) is 8.92. The summed E-state index contributed by atoms with van der Waals surface area (Å²) in [6.07, 6.45) is 3.26. The molecule has 0 aliphatic carbocycles. The molecule has 128 valence electrons. The highest BCUT2D eigenvalue weighted by Gasteiger charge is 2.20. The van der Waals surface area contributed by atoms with Gasteiger partial charge in [0.2, 0.25) is 5.91 Å². The Kier molecular flexibility index (Phi) is 4.04. The van der Waals surface area contributed by atoms with Crippen molar-refractivity contribution in [3.8, 4) is 0 Å². The van der Waals surface area contributed by atoms with Crippen LogP contribution in [0.3, 0.4) is 0 Å². The Bertz CT molecular complexity index is 926. The van der Waals surface area contributed by atoms with E-state index in [-0.39, 0.29) is 5.91 Å². The zero-order valence-corrected chi connectivity index (χ0v) is 14.8. The van der Waals surface area contributed by atoms with Gasteiger partial charge in [-0.05, 0) is 49.1 Å². The third kappa shape index (κ3) is 3.04. The van der Waals surface area contributed by atoms with E-state index in [1.54, 1.807) is 0 Å². The second-order valence-electron chi connectivity index (χ2n) is 7.08. The number of carbonyl (C=O) groups excluding carboxylic acids is 1. The fourth-order valence-electron chi connectivity index (χ4n) is 3.59. The lowest BCUT2D eigenvalue weighted by molar-refractivity contribution is -0.131. The first-order valence-corrected chi connectivity index (χ1v) is 8.92. The lowest BCUT2D eigenvalue weighted by atomic mass is 9.99. The molecule has 1 aliphatic rings. The molecule has 0 saturated heterocycles. The quantitative estimate of drug-likeness (QED) is 0.732. The van der Waals surface area contributed by atoms with E-state index in [1.807, 2.05) is 23.4 Å². The molecule has 0 unspecified atom stereocenters. The second-order valence-corrected chi connectivity index (χ2v) is 7.08. The molecule has 0 fully saturated rings. The van der Waals surface area contributed by atoms with Crippen LogP contribution in [0.25, 0.3) is 11.0 Å². The van der Waals surface area contributed by atoms with E-state index in [9.17, 15) is 4.79 Å². The van der Waals surface area contributed by atoms with Crippen LogP contribution in [-0.4, -0.2) is 26.9 Å². The van der Waals surface area contributed by atoms with Crippen molar-refractivity contribution in [2.75, 3.05) is 6.54 Å². The summed E-state index contributed by atoms with van der Waals surface area (Å²) < 4.78 is 2.16. The zero-order chi connectivity index (χ0) is 17.4. The lowest BCUT2D eigenvalue weighted by Crippen LogP contribution is -2.36. The van der Waals surface area contributed by atoms with Gasteiger partial charge >= 0.3 is 0 Å². The second kappa shape index (κ2) is 6.36. The normalized spacial score (nSPS) is 14.1. The van der Waals surface area contributed by atoms with Gasteiger partial charge in [0.25, 0.3) is 0 Å². The van der Waals surface area contributed by atoms with Crippen LogP contribution < -0.4 is 0 Å². The van der Waals surface area contributed by atoms with E-state index in [1.165, 1.54) is 11.1 Å². The SMILES string of the molecule is CC(C)n1cnc2cc(CC(=O)N3CCc4ccccc4C3)ccc21. The van der Waals surface area contributed by atoms with E-state index in [0.29, 0.717) is 12.5 Å². The van der Waals surface area contributed by atoms with Gasteiger partial charge in [0.05, 0.1) is 23.8 Å². The fraction of sp³-hybridized carbons (Fsp3) is 0.333. The molecule has 0 saturated carbocycles. The summed E-state index contributed by atoms with van der Waals surface area (Å²) in [6, 6.07) is 15.0. The van der Waals surface area contributed by atoms with Crippen molar-refractivity contribution in [1.82, 2.24) is 14.5 Å². The van der Waals surface area contributed by atoms with Gasteiger partial charge in [0, 0.05) is 19.1 Å². The minimum absolute atomic E-state index is 0.192. The van der Waals surface area contributed by atoms with E-state index >= 15 is 0 Å². The summed E-state index contributed by atoms with van der Waals surface area (Å²) in [5.74, 6) is 0.192. The summed E-state index contributed by atoms with van der Waals surface area (Å²) in [5.41, 5.74) is 5.76. The summed E-state index contributed by atoms with van der Waals surface area (Å²) in [5, 5.41) is 0. The lowest BCUT2D eigenvalue weighted by Gasteiger charge is -2.29. The van der Waals surface area contributed by atoms with E-state index in [2.05, 4.69) is 53.7 Å². The number of carbonyl (C=O) groups is 1. The Morgan fingerprint density at radius 2 is 1.96 bits per heavy atom. The maximum Gasteiger partial charge on any atom is 0.227 e. The van der Waals surface area contributed by atoms with Crippen LogP contribution in [0.1, 0.15) is 36.6 Å². The van der Waals surface area contributed by atoms with E-state index in [0.717, 1.165) is 36.1 Å². The first kappa shape index (κ1) is 15.9. The Morgan fingerprint density at radius 1 is 1.16 bits per heavy atom. The van der Waals surface area contributed by atoms with Gasteiger partial charge in [-0.2, -0.15) is 0 Å². The van der Waals surface area contributed by atoms with E-state index < -0.39 is 0 Å². The van der Waals surface area contributed by atoms with Crippen molar-refractivity contribution in [2.24, 2.45) is 0 Å². The average Bonchev–Trinajstić information content (AvgIpc) is 3.04. The maximum atomic E-state index is 12.7. The van der Waals surface area contributed by atoms with E-state index in [4.69, 9.17) is 0 Å². The van der Waals surface area contributed by atoms with Crippen LogP contribution in [0.2, 0.25) is 0 Å². The van der Waals surface area contributed by atoms with Gasteiger partial charge in [-0.1, -0.05) is 30.3 Å². The Balaban J connectivity index is 1.50. The summed E-state index contributed by atoms with van der Waals surface area (Å²) in [4.78, 5) is 19.2. The molecule has 0 spiro atoms. The van der Waals surface area contributed by atoms with Crippen LogP contribution in [0.15, 0.2) is 48.8 Å². The summed E-state index contributed by atoms with van der Waals surface area (Å²) in [7, 11) is 0. The van der Waals surface area contributed by atoms with Crippen molar-refractivity contribution >= 4 is 16.9 Å². The molecule has 0 radical (unpaired) electrons. The van der Waals surface area contributed by atoms with Gasteiger partial charge in [-0.15, -0.1) is 0 Å². The summed E-state index contributed by atoms with van der Waals surface area (Å²) in [6.45, 7) is 5.82. The maximum absolute atomic E-state index is 12.7. The van der Waals surface area contributed by atoms with Crippen LogP contribution >= 0.6 is 0 Å². The topological polar surface area (TPSA) is 38.1 Å². The first-order chi connectivity index (χ1) is 12.1. The minimum atomic E-state index is 0.192. The highest BCUT2D eigenvalue weighted by molar-refractivity contribution is 5.82. The van der Waals surface area contributed by atoms with Crippen LogP contribution in [0.5, 0.6) is 0 Å². The third-order valence-corrected chi connectivity index (χ3v) is 5.03. The average molecular weight is 333 g/mol. The third-order valence-electron chi connectivity index (χ3n) is 5.03. The van der Waals surface area contributed by atoms with Crippen molar-refractivity contribution in [3.63, 3.8) is 0 Å². The largest absolute Gasteiger partial charge is 0.338 e. The molecule has 2 heterocycles. The molecule has 0 atom stereocenters. The number of rotatable bonds is 3. The highest BCUT2D eigenvalue weighted by Crippen LogP contribution is 2.21. The molecule has 0 bridgehead atoms. The molecule has 3 aromatic rings. The minimum Gasteiger partial charge on any atom is -0.338 e. The Labute approximate surface area is 148 Å². The molecule has 25 heavy (non-hydrogen) atoms. The summed E-state index contributed by atoms with van der Waals surface area (Å²) >= 11 is 0. The van der Waals surface area contributed by atoms with Crippen LogP contribution in [0, 0.1) is 0 Å². The monoisotopic (exact) mass is 333 g/mol. The molecular weight excluding hydrogens is 310 g/mol. The number of amides is 1. The molecular formula is C21H23N3O. The molecule has 1 amide bonds. The number of hydrogen-bond acceptors (Lipinski definition) is 2. The molecule has 2 aromatic carbocycles. The number of fused-ring (bicyclic) bond motifs is 2. The predicted molar refractivity (Wildman–Crippen MR) is 99.4 cm³/mol. The van der Waals surface area contributed by atoms with Gasteiger partial charge in [0.1, 0.15) is 0 Å². The number of nitrogens with zero attached hydrogens (tertiary/aromatic N) is 3. The number of hydrogen-bond donors (Lipinski definition) is 0. The van der Waals surface area contributed by atoms with Gasteiger partial charge in [-0.3, -0.25) is 4.79 Å². The van der Waals surface area contributed by atoms with Crippen LogP contribution in [-0.2, 0) is 24.2 Å². The smallest absolute Gasteiger partial charge is 0.227 e. The molecule has 1 aromatic heterocycles.